The number of hydrogen-bond donors (Lipinski definition) is 4. The first kappa shape index (κ1) is 26.5. The van der Waals surface area contributed by atoms with Crippen molar-refractivity contribution in [3.05, 3.63) is 95.6 Å². The van der Waals surface area contributed by atoms with E-state index in [1.54, 1.807) is 37.5 Å². The van der Waals surface area contributed by atoms with Gasteiger partial charge in [-0.25, -0.2) is 4.79 Å². The van der Waals surface area contributed by atoms with Gasteiger partial charge in [-0.05, 0) is 65.7 Å². The zero-order valence-corrected chi connectivity index (χ0v) is 20.2. The number of urea groups is 1. The molecule has 0 unspecified atom stereocenters. The fourth-order valence-corrected chi connectivity index (χ4v) is 3.49. The third-order valence-electron chi connectivity index (χ3n) is 5.46. The van der Waals surface area contributed by atoms with Crippen LogP contribution >= 0.6 is 0 Å². The van der Waals surface area contributed by atoms with Gasteiger partial charge in [0, 0.05) is 36.6 Å². The van der Waals surface area contributed by atoms with E-state index >= 15 is 0 Å². The van der Waals surface area contributed by atoms with E-state index in [9.17, 15) is 19.8 Å². The van der Waals surface area contributed by atoms with Crippen molar-refractivity contribution in [2.45, 2.75) is 6.54 Å². The van der Waals surface area contributed by atoms with Gasteiger partial charge in [0.05, 0.1) is 20.3 Å². The van der Waals surface area contributed by atoms with Gasteiger partial charge in [-0.3, -0.25) is 4.79 Å². The first-order valence-electron chi connectivity index (χ1n) is 11.6. The molecular weight excluding hydrogens is 458 g/mol. The van der Waals surface area contributed by atoms with E-state index in [2.05, 4.69) is 10.6 Å². The van der Waals surface area contributed by atoms with Crippen LogP contribution in [0.1, 0.15) is 21.5 Å². The number of allylic oxidation sites excluding steroid dienone is 1. The molecule has 3 aromatic rings. The van der Waals surface area contributed by atoms with Crippen LogP contribution in [-0.2, 0) is 6.54 Å². The molecule has 0 aliphatic rings. The van der Waals surface area contributed by atoms with Gasteiger partial charge in [0.15, 0.2) is 5.78 Å². The lowest BCUT2D eigenvalue weighted by Crippen LogP contribution is -2.29. The van der Waals surface area contributed by atoms with Crippen LogP contribution in [0.15, 0.2) is 78.9 Å². The molecule has 3 aromatic carbocycles. The second-order valence-corrected chi connectivity index (χ2v) is 7.96. The molecule has 2 amide bonds. The van der Waals surface area contributed by atoms with Gasteiger partial charge in [0.1, 0.15) is 5.75 Å². The smallest absolute Gasteiger partial charge is 0.319 e. The van der Waals surface area contributed by atoms with Gasteiger partial charge in [0.25, 0.3) is 0 Å². The number of nitrogens with zero attached hydrogens (tertiary/aromatic N) is 1. The molecule has 8 nitrogen and oxygen atoms in total. The minimum absolute atomic E-state index is 0.00116. The third kappa shape index (κ3) is 7.97. The highest BCUT2D eigenvalue weighted by molar-refractivity contribution is 6.07. The lowest BCUT2D eigenvalue weighted by Gasteiger charge is -2.22. The largest absolute Gasteiger partial charge is 0.497 e. The molecule has 36 heavy (non-hydrogen) atoms. The predicted molar refractivity (Wildman–Crippen MR) is 141 cm³/mol. The molecule has 0 radical (unpaired) electrons. The summed E-state index contributed by atoms with van der Waals surface area (Å²) in [7, 11) is 1.60. The van der Waals surface area contributed by atoms with Crippen molar-refractivity contribution in [1.29, 1.82) is 0 Å². The molecule has 0 bridgehead atoms. The molecule has 0 aliphatic heterocycles. The molecule has 0 aliphatic carbocycles. The summed E-state index contributed by atoms with van der Waals surface area (Å²) in [5.41, 5.74) is 3.77. The molecule has 0 saturated carbocycles. The van der Waals surface area contributed by atoms with Crippen molar-refractivity contribution in [3.63, 3.8) is 0 Å². The normalized spacial score (nSPS) is 10.8. The lowest BCUT2D eigenvalue weighted by atomic mass is 10.1. The number of benzene rings is 3. The van der Waals surface area contributed by atoms with Crippen molar-refractivity contribution >= 4 is 29.3 Å². The summed E-state index contributed by atoms with van der Waals surface area (Å²) in [5, 5.41) is 23.9. The van der Waals surface area contributed by atoms with Crippen molar-refractivity contribution < 1.29 is 24.5 Å². The van der Waals surface area contributed by atoms with E-state index in [1.165, 1.54) is 6.08 Å². The van der Waals surface area contributed by atoms with Gasteiger partial charge in [-0.1, -0.05) is 30.3 Å². The highest BCUT2D eigenvalue weighted by Crippen LogP contribution is 2.17. The Labute approximate surface area is 210 Å². The summed E-state index contributed by atoms with van der Waals surface area (Å²) >= 11 is 0. The number of carbonyl (C=O) groups is 2. The first-order chi connectivity index (χ1) is 17.5. The molecule has 188 valence electrons. The molecular formula is C28H31N3O5. The molecule has 8 heteroatoms. The van der Waals surface area contributed by atoms with Crippen LogP contribution in [-0.4, -0.2) is 55.4 Å². The number of ether oxygens (including phenoxy) is 1. The molecule has 0 spiro atoms. The summed E-state index contributed by atoms with van der Waals surface area (Å²) < 4.78 is 5.12. The summed E-state index contributed by atoms with van der Waals surface area (Å²) in [6, 6.07) is 21.3. The van der Waals surface area contributed by atoms with Crippen LogP contribution in [0.25, 0.3) is 6.08 Å². The third-order valence-corrected chi connectivity index (χ3v) is 5.46. The SMILES string of the molecule is COc1ccc(CNC(=O)Nc2ccc(C(=O)C=Cc3ccc(N(CCO)CCO)cc3)cc2)cc1. The topological polar surface area (TPSA) is 111 Å². The number of ketones is 1. The number of carbonyl (C=O) groups excluding carboxylic acids is 2. The Morgan fingerprint density at radius 1 is 0.889 bits per heavy atom. The molecule has 0 fully saturated rings. The van der Waals surface area contributed by atoms with Crippen LogP contribution in [0.3, 0.4) is 0 Å². The summed E-state index contributed by atoms with van der Waals surface area (Å²) in [4.78, 5) is 26.6. The van der Waals surface area contributed by atoms with E-state index in [-0.39, 0.29) is 25.0 Å². The summed E-state index contributed by atoms with van der Waals surface area (Å²) in [6.07, 6.45) is 3.23. The second kappa shape index (κ2) is 13.7. The highest BCUT2D eigenvalue weighted by Gasteiger charge is 2.07. The molecule has 0 atom stereocenters. The Bertz CT molecular complexity index is 1140. The zero-order valence-electron chi connectivity index (χ0n) is 20.2. The number of nitrogens with one attached hydrogen (secondary N) is 2. The Morgan fingerprint density at radius 3 is 2.11 bits per heavy atom. The summed E-state index contributed by atoms with van der Waals surface area (Å²) in [5.74, 6) is 0.599. The number of aliphatic hydroxyl groups excluding tert-OH is 2. The highest BCUT2D eigenvalue weighted by atomic mass is 16.5. The molecule has 0 saturated heterocycles. The van der Waals surface area contributed by atoms with E-state index in [4.69, 9.17) is 4.74 Å². The Balaban J connectivity index is 1.50. The maximum absolute atomic E-state index is 12.5. The fourth-order valence-electron chi connectivity index (χ4n) is 3.49. The van der Waals surface area contributed by atoms with Crippen LogP contribution in [0.5, 0.6) is 5.75 Å². The van der Waals surface area contributed by atoms with E-state index in [0.717, 1.165) is 22.6 Å². The number of amides is 2. The van der Waals surface area contributed by atoms with E-state index in [0.29, 0.717) is 30.9 Å². The van der Waals surface area contributed by atoms with Gasteiger partial charge >= 0.3 is 6.03 Å². The Morgan fingerprint density at radius 2 is 1.53 bits per heavy atom. The molecule has 0 aromatic heterocycles. The zero-order chi connectivity index (χ0) is 25.8. The molecule has 3 rings (SSSR count). The second-order valence-electron chi connectivity index (χ2n) is 7.96. The van der Waals surface area contributed by atoms with E-state index in [1.807, 2.05) is 53.4 Å². The number of aliphatic hydroxyl groups is 2. The molecule has 0 heterocycles. The monoisotopic (exact) mass is 489 g/mol. The lowest BCUT2D eigenvalue weighted by molar-refractivity contribution is 0.104. The maximum atomic E-state index is 12.5. The number of hydrogen-bond acceptors (Lipinski definition) is 6. The minimum atomic E-state index is -0.343. The van der Waals surface area contributed by atoms with Crippen LogP contribution < -0.4 is 20.3 Å². The van der Waals surface area contributed by atoms with Crippen molar-refractivity contribution in [2.24, 2.45) is 0 Å². The average Bonchev–Trinajstić information content (AvgIpc) is 2.91. The van der Waals surface area contributed by atoms with E-state index < -0.39 is 0 Å². The molecule has 4 N–H and O–H groups in total. The minimum Gasteiger partial charge on any atom is -0.497 e. The Hall–Kier alpha value is -4.14. The van der Waals surface area contributed by atoms with Crippen molar-refractivity contribution in [2.75, 3.05) is 43.6 Å². The van der Waals surface area contributed by atoms with Gasteiger partial charge < -0.3 is 30.5 Å². The van der Waals surface area contributed by atoms with Crippen LogP contribution in [0, 0.1) is 0 Å². The quantitative estimate of drug-likeness (QED) is 0.228. The number of rotatable bonds is 12. The van der Waals surface area contributed by atoms with Crippen molar-refractivity contribution in [1.82, 2.24) is 5.32 Å². The number of methoxy groups -OCH3 is 1. The first-order valence-corrected chi connectivity index (χ1v) is 11.6. The van der Waals surface area contributed by atoms with Gasteiger partial charge in [0.2, 0.25) is 0 Å². The predicted octanol–water partition coefficient (Wildman–Crippen LogP) is 3.70. The maximum Gasteiger partial charge on any atom is 0.319 e. The van der Waals surface area contributed by atoms with Gasteiger partial charge in [-0.15, -0.1) is 0 Å². The fraction of sp³-hybridized carbons (Fsp3) is 0.214. The van der Waals surface area contributed by atoms with Crippen LogP contribution in [0.4, 0.5) is 16.2 Å². The average molecular weight is 490 g/mol. The Kier molecular flexibility index (Phi) is 10.1. The number of anilines is 2. The van der Waals surface area contributed by atoms with Crippen molar-refractivity contribution in [3.8, 4) is 5.75 Å². The van der Waals surface area contributed by atoms with Crippen LogP contribution in [0.2, 0.25) is 0 Å². The standard InChI is InChI=1S/C28H31N3O5/c1-36-26-13-4-22(5-14-26)20-29-28(35)30-24-9-7-23(8-10-24)27(34)15-6-21-2-11-25(12-3-21)31(16-18-32)17-19-33/h2-15,32-33H,16-20H2,1H3,(H2,29,30,35). The van der Waals surface area contributed by atoms with Gasteiger partial charge in [-0.2, -0.15) is 0 Å². The summed E-state index contributed by atoms with van der Waals surface area (Å²) in [6.45, 7) is 1.24.